The predicted octanol–water partition coefficient (Wildman–Crippen LogP) is 9.41. The number of methoxy groups -OCH3 is 3. The average Bonchev–Trinajstić information content (AvgIpc) is 3.00. The Bertz CT molecular complexity index is 1440. The fraction of sp³-hybridized carbons (Fsp3) is 0.0909. The molecular formula is C33H29BrN2O3. The molecule has 5 aromatic carbocycles. The normalized spacial score (nSPS) is 10.6. The molecule has 0 saturated carbocycles. The lowest BCUT2D eigenvalue weighted by Crippen LogP contribution is -2.12. The van der Waals surface area contributed by atoms with Crippen LogP contribution in [0, 0.1) is 0 Å². The monoisotopic (exact) mass is 580 g/mol. The fourth-order valence-electron chi connectivity index (χ4n) is 4.43. The van der Waals surface area contributed by atoms with E-state index in [0.717, 1.165) is 55.8 Å². The van der Waals surface area contributed by atoms with E-state index in [-0.39, 0.29) is 0 Å². The topological polar surface area (TPSA) is 34.2 Å². The third-order valence-electron chi connectivity index (χ3n) is 6.44. The van der Waals surface area contributed by atoms with Crippen molar-refractivity contribution in [2.75, 3.05) is 31.1 Å². The maximum Gasteiger partial charge on any atom is 0.119 e. The lowest BCUT2D eigenvalue weighted by atomic mass is 10.1. The molecule has 39 heavy (non-hydrogen) atoms. The third-order valence-corrected chi connectivity index (χ3v) is 6.97. The van der Waals surface area contributed by atoms with Gasteiger partial charge in [0.1, 0.15) is 17.2 Å². The molecule has 0 radical (unpaired) electrons. The zero-order valence-electron chi connectivity index (χ0n) is 22.0. The van der Waals surface area contributed by atoms with Gasteiger partial charge in [0.15, 0.2) is 0 Å². The summed E-state index contributed by atoms with van der Waals surface area (Å²) in [7, 11) is 5.03. The lowest BCUT2D eigenvalue weighted by Gasteiger charge is -2.28. The van der Waals surface area contributed by atoms with Crippen LogP contribution in [0.1, 0.15) is 0 Å². The zero-order valence-corrected chi connectivity index (χ0v) is 23.6. The predicted molar refractivity (Wildman–Crippen MR) is 163 cm³/mol. The summed E-state index contributed by atoms with van der Waals surface area (Å²) in [5.41, 5.74) is 6.20. The van der Waals surface area contributed by atoms with E-state index in [2.05, 4.69) is 111 Å². The fourth-order valence-corrected chi connectivity index (χ4v) is 4.69. The first-order chi connectivity index (χ1) is 19.1. The Labute approximate surface area is 237 Å². The summed E-state index contributed by atoms with van der Waals surface area (Å²) in [6.07, 6.45) is 0. The van der Waals surface area contributed by atoms with Crippen LogP contribution in [0.15, 0.2) is 126 Å². The molecule has 196 valence electrons. The highest BCUT2D eigenvalue weighted by atomic mass is 79.9. The van der Waals surface area contributed by atoms with E-state index >= 15 is 0 Å². The Kier molecular flexibility index (Phi) is 8.04. The molecule has 6 heteroatoms. The number of hydrogen-bond acceptors (Lipinski definition) is 5. The summed E-state index contributed by atoms with van der Waals surface area (Å²) in [4.78, 5) is 4.43. The van der Waals surface area contributed by atoms with Gasteiger partial charge >= 0.3 is 0 Å². The van der Waals surface area contributed by atoms with Crippen LogP contribution in [0.25, 0.3) is 0 Å². The van der Waals surface area contributed by atoms with Crippen LogP contribution < -0.4 is 24.0 Å². The smallest absolute Gasteiger partial charge is 0.119 e. The number of benzene rings is 5. The van der Waals surface area contributed by atoms with Crippen molar-refractivity contribution >= 4 is 50.1 Å². The van der Waals surface area contributed by atoms with Crippen LogP contribution in [-0.2, 0) is 0 Å². The Morgan fingerprint density at radius 1 is 0.359 bits per heavy atom. The minimum absolute atomic E-state index is 0.813. The molecule has 0 spiro atoms. The summed E-state index contributed by atoms with van der Waals surface area (Å²) < 4.78 is 17.2. The molecule has 5 nitrogen and oxygen atoms in total. The van der Waals surface area contributed by atoms with Crippen molar-refractivity contribution < 1.29 is 14.2 Å². The van der Waals surface area contributed by atoms with Gasteiger partial charge in [0, 0.05) is 38.6 Å². The first-order valence-corrected chi connectivity index (χ1v) is 13.3. The molecule has 0 amide bonds. The first-order valence-electron chi connectivity index (χ1n) is 12.5. The van der Waals surface area contributed by atoms with Gasteiger partial charge in [-0.2, -0.15) is 0 Å². The molecule has 5 aromatic rings. The van der Waals surface area contributed by atoms with Gasteiger partial charge in [-0.25, -0.2) is 0 Å². The summed E-state index contributed by atoms with van der Waals surface area (Å²) in [6.45, 7) is 0. The van der Waals surface area contributed by atoms with Crippen molar-refractivity contribution in [3.63, 3.8) is 0 Å². The molecule has 0 fully saturated rings. The number of ether oxygens (including phenoxy) is 3. The molecule has 0 bridgehead atoms. The highest BCUT2D eigenvalue weighted by Crippen LogP contribution is 2.40. The summed E-state index contributed by atoms with van der Waals surface area (Å²) in [6, 6.07) is 41.1. The van der Waals surface area contributed by atoms with E-state index in [1.165, 1.54) is 0 Å². The van der Waals surface area contributed by atoms with Crippen molar-refractivity contribution in [1.82, 2.24) is 0 Å². The van der Waals surface area contributed by atoms with Crippen LogP contribution in [0.5, 0.6) is 17.2 Å². The molecule has 0 aromatic heterocycles. The Hall–Kier alpha value is -4.42. The zero-order chi connectivity index (χ0) is 27.2. The molecule has 0 N–H and O–H groups in total. The van der Waals surface area contributed by atoms with Crippen LogP contribution in [0.3, 0.4) is 0 Å². The van der Waals surface area contributed by atoms with Gasteiger partial charge in [-0.1, -0.05) is 15.9 Å². The van der Waals surface area contributed by atoms with E-state index in [0.29, 0.717) is 0 Å². The molecule has 0 heterocycles. The molecule has 0 aliphatic carbocycles. The second kappa shape index (κ2) is 12.0. The standard InChI is InChI=1S/C33H29BrN2O3/c1-37-31-18-12-28(13-19-31)35(25-6-4-24(34)5-7-25)26-8-10-27(11-9-26)36(29-14-20-32(38-2)21-15-29)30-16-22-33(39-3)23-17-30/h4-23H,1-3H3. The minimum Gasteiger partial charge on any atom is -0.497 e. The maximum atomic E-state index is 5.39. The highest BCUT2D eigenvalue weighted by molar-refractivity contribution is 9.10. The van der Waals surface area contributed by atoms with Gasteiger partial charge in [0.05, 0.1) is 21.3 Å². The van der Waals surface area contributed by atoms with E-state index in [4.69, 9.17) is 14.2 Å². The number of nitrogens with zero attached hydrogens (tertiary/aromatic N) is 2. The van der Waals surface area contributed by atoms with Crippen molar-refractivity contribution in [2.45, 2.75) is 0 Å². The average molecular weight is 582 g/mol. The first kappa shape index (κ1) is 26.2. The molecule has 0 aliphatic rings. The third kappa shape index (κ3) is 5.86. The molecular weight excluding hydrogens is 552 g/mol. The number of halogens is 1. The van der Waals surface area contributed by atoms with E-state index in [9.17, 15) is 0 Å². The van der Waals surface area contributed by atoms with E-state index in [1.807, 2.05) is 36.4 Å². The van der Waals surface area contributed by atoms with Gasteiger partial charge in [0.2, 0.25) is 0 Å². The molecule has 0 atom stereocenters. The van der Waals surface area contributed by atoms with Gasteiger partial charge in [0.25, 0.3) is 0 Å². The maximum absolute atomic E-state index is 5.39. The van der Waals surface area contributed by atoms with Crippen LogP contribution in [0.2, 0.25) is 0 Å². The van der Waals surface area contributed by atoms with Gasteiger partial charge in [-0.05, 0) is 121 Å². The van der Waals surface area contributed by atoms with Crippen LogP contribution in [0.4, 0.5) is 34.1 Å². The largest absolute Gasteiger partial charge is 0.497 e. The van der Waals surface area contributed by atoms with Gasteiger partial charge < -0.3 is 24.0 Å². The summed E-state index contributed by atoms with van der Waals surface area (Å²) in [5, 5.41) is 0. The summed E-state index contributed by atoms with van der Waals surface area (Å²) >= 11 is 3.56. The van der Waals surface area contributed by atoms with Crippen molar-refractivity contribution in [1.29, 1.82) is 0 Å². The molecule has 0 unspecified atom stereocenters. The van der Waals surface area contributed by atoms with Gasteiger partial charge in [-0.3, -0.25) is 0 Å². The minimum atomic E-state index is 0.813. The second-order valence-corrected chi connectivity index (χ2v) is 9.67. The van der Waals surface area contributed by atoms with Crippen LogP contribution >= 0.6 is 15.9 Å². The van der Waals surface area contributed by atoms with E-state index in [1.54, 1.807) is 21.3 Å². The van der Waals surface area contributed by atoms with Gasteiger partial charge in [-0.15, -0.1) is 0 Å². The Morgan fingerprint density at radius 2 is 0.564 bits per heavy atom. The quantitative estimate of drug-likeness (QED) is 0.173. The Morgan fingerprint density at radius 3 is 0.795 bits per heavy atom. The van der Waals surface area contributed by atoms with Crippen molar-refractivity contribution in [3.8, 4) is 17.2 Å². The van der Waals surface area contributed by atoms with Crippen molar-refractivity contribution in [2.24, 2.45) is 0 Å². The van der Waals surface area contributed by atoms with E-state index < -0.39 is 0 Å². The number of hydrogen-bond donors (Lipinski definition) is 0. The number of rotatable bonds is 9. The molecule has 0 saturated heterocycles. The van der Waals surface area contributed by atoms with Crippen LogP contribution in [-0.4, -0.2) is 21.3 Å². The summed E-state index contributed by atoms with van der Waals surface area (Å²) in [5.74, 6) is 2.45. The Balaban J connectivity index is 1.56. The SMILES string of the molecule is COc1ccc(N(c2ccc(Br)cc2)c2ccc(N(c3ccc(OC)cc3)c3ccc(OC)cc3)cc2)cc1. The lowest BCUT2D eigenvalue weighted by molar-refractivity contribution is 0.414. The highest BCUT2D eigenvalue weighted by Gasteiger charge is 2.16. The number of anilines is 6. The van der Waals surface area contributed by atoms with Crippen molar-refractivity contribution in [3.05, 3.63) is 126 Å². The second-order valence-electron chi connectivity index (χ2n) is 8.76. The molecule has 5 rings (SSSR count). The molecule has 0 aliphatic heterocycles.